The average molecular weight is 313 g/mol. The van der Waals surface area contributed by atoms with Crippen LogP contribution < -0.4 is 10.6 Å². The Balaban J connectivity index is 1.52. The van der Waals surface area contributed by atoms with Gasteiger partial charge in [-0.1, -0.05) is 24.3 Å². The van der Waals surface area contributed by atoms with Gasteiger partial charge in [0.2, 0.25) is 0 Å². The molecular weight excluding hydrogens is 294 g/mol. The van der Waals surface area contributed by atoms with Gasteiger partial charge in [0.05, 0.1) is 5.69 Å². The molecule has 2 N–H and O–H groups in total. The first-order valence-electron chi connectivity index (χ1n) is 7.55. The molecule has 1 aromatic carbocycles. The maximum atomic E-state index is 11.8. The van der Waals surface area contributed by atoms with Gasteiger partial charge in [0.25, 0.3) is 0 Å². The minimum atomic E-state index is -0.341. The number of amides is 4. The van der Waals surface area contributed by atoms with Crippen molar-refractivity contribution in [3.05, 3.63) is 42.1 Å². The molecular formula is C16H19N5O2. The maximum absolute atomic E-state index is 11.8. The van der Waals surface area contributed by atoms with Crippen LogP contribution in [-0.4, -0.2) is 46.4 Å². The van der Waals surface area contributed by atoms with Gasteiger partial charge in [-0.25, -0.2) is 14.5 Å². The molecule has 1 saturated heterocycles. The normalized spacial score (nSPS) is 14.0. The molecule has 0 bridgehead atoms. The van der Waals surface area contributed by atoms with Crippen LogP contribution in [0.3, 0.4) is 0 Å². The first-order valence-corrected chi connectivity index (χ1v) is 7.55. The van der Waals surface area contributed by atoms with Gasteiger partial charge in [0.15, 0.2) is 0 Å². The summed E-state index contributed by atoms with van der Waals surface area (Å²) in [5, 5.41) is 9.53. The van der Waals surface area contributed by atoms with E-state index in [1.54, 1.807) is 6.20 Å². The molecule has 3 rings (SSSR count). The Morgan fingerprint density at radius 3 is 2.70 bits per heavy atom. The zero-order valence-electron chi connectivity index (χ0n) is 13.0. The van der Waals surface area contributed by atoms with Crippen molar-refractivity contribution in [2.24, 2.45) is 7.05 Å². The summed E-state index contributed by atoms with van der Waals surface area (Å²) in [6.45, 7) is 1.43. The smallest absolute Gasteiger partial charge is 0.325 e. The number of imide groups is 1. The first kappa shape index (κ1) is 15.1. The van der Waals surface area contributed by atoms with E-state index in [-0.39, 0.29) is 12.1 Å². The molecule has 4 amide bonds. The van der Waals surface area contributed by atoms with Crippen LogP contribution in [0.15, 0.2) is 36.5 Å². The van der Waals surface area contributed by atoms with E-state index in [4.69, 9.17) is 0 Å². The first-order chi connectivity index (χ1) is 11.1. The van der Waals surface area contributed by atoms with Gasteiger partial charge in [-0.3, -0.25) is 4.68 Å². The molecule has 7 heteroatoms. The summed E-state index contributed by atoms with van der Waals surface area (Å²) >= 11 is 0. The molecule has 1 fully saturated rings. The van der Waals surface area contributed by atoms with Crippen molar-refractivity contribution < 1.29 is 9.59 Å². The fraction of sp³-hybridized carbons (Fsp3) is 0.312. The topological polar surface area (TPSA) is 79.3 Å². The lowest BCUT2D eigenvalue weighted by atomic mass is 10.1. The number of carbonyl (C=O) groups is 2. The fourth-order valence-corrected chi connectivity index (χ4v) is 2.57. The maximum Gasteiger partial charge on any atom is 0.325 e. The Morgan fingerprint density at radius 1 is 1.30 bits per heavy atom. The highest BCUT2D eigenvalue weighted by Gasteiger charge is 2.25. The van der Waals surface area contributed by atoms with Crippen LogP contribution in [0.5, 0.6) is 0 Å². The van der Waals surface area contributed by atoms with Crippen molar-refractivity contribution in [2.75, 3.05) is 19.6 Å². The highest BCUT2D eigenvalue weighted by molar-refractivity contribution is 5.94. The standard InChI is InChI=1S/C16H19N5O2/c1-20-14(7-9-19-20)13-4-2-12(3-5-13)6-8-17-15(22)21-11-10-18-16(21)23/h2-5,7,9H,6,8,10-11H2,1H3,(H,17,22)(H,18,23). The monoisotopic (exact) mass is 313 g/mol. The molecule has 1 aromatic heterocycles. The second kappa shape index (κ2) is 6.51. The molecule has 0 aliphatic carbocycles. The van der Waals surface area contributed by atoms with E-state index >= 15 is 0 Å². The molecule has 23 heavy (non-hydrogen) atoms. The average Bonchev–Trinajstić information content (AvgIpc) is 3.16. The van der Waals surface area contributed by atoms with Gasteiger partial charge in [-0.05, 0) is 23.6 Å². The lowest BCUT2D eigenvalue weighted by Gasteiger charge is -2.13. The Labute approximate surface area is 134 Å². The molecule has 2 aromatic rings. The van der Waals surface area contributed by atoms with Crippen LogP contribution in [0, 0.1) is 0 Å². The summed E-state index contributed by atoms with van der Waals surface area (Å²) in [6.07, 6.45) is 2.49. The van der Waals surface area contributed by atoms with Crippen molar-refractivity contribution in [2.45, 2.75) is 6.42 Å². The van der Waals surface area contributed by atoms with Crippen LogP contribution in [0.4, 0.5) is 9.59 Å². The molecule has 0 saturated carbocycles. The number of urea groups is 2. The highest BCUT2D eigenvalue weighted by Crippen LogP contribution is 2.18. The van der Waals surface area contributed by atoms with Crippen LogP contribution in [0.2, 0.25) is 0 Å². The van der Waals surface area contributed by atoms with Crippen LogP contribution in [-0.2, 0) is 13.5 Å². The number of nitrogens with one attached hydrogen (secondary N) is 2. The van der Waals surface area contributed by atoms with Crippen molar-refractivity contribution >= 4 is 12.1 Å². The molecule has 2 heterocycles. The lowest BCUT2D eigenvalue weighted by Crippen LogP contribution is -2.42. The van der Waals surface area contributed by atoms with E-state index < -0.39 is 0 Å². The second-order valence-electron chi connectivity index (χ2n) is 5.40. The largest absolute Gasteiger partial charge is 0.337 e. The van der Waals surface area contributed by atoms with E-state index in [2.05, 4.69) is 15.7 Å². The Hall–Kier alpha value is -2.83. The molecule has 0 atom stereocenters. The fourth-order valence-electron chi connectivity index (χ4n) is 2.57. The number of aryl methyl sites for hydroxylation is 1. The number of benzene rings is 1. The van der Waals surface area contributed by atoms with Crippen LogP contribution in [0.25, 0.3) is 11.3 Å². The predicted molar refractivity (Wildman–Crippen MR) is 85.9 cm³/mol. The van der Waals surface area contributed by atoms with Crippen molar-refractivity contribution in [3.8, 4) is 11.3 Å². The van der Waals surface area contributed by atoms with Gasteiger partial charge in [-0.15, -0.1) is 0 Å². The lowest BCUT2D eigenvalue weighted by molar-refractivity contribution is 0.199. The zero-order chi connectivity index (χ0) is 16.2. The Kier molecular flexibility index (Phi) is 4.27. The van der Waals surface area contributed by atoms with Crippen LogP contribution in [0.1, 0.15) is 5.56 Å². The zero-order valence-corrected chi connectivity index (χ0v) is 13.0. The summed E-state index contributed by atoms with van der Waals surface area (Å²) in [5.74, 6) is 0. The molecule has 0 unspecified atom stereocenters. The third-order valence-corrected chi connectivity index (χ3v) is 3.86. The van der Waals surface area contributed by atoms with E-state index in [9.17, 15) is 9.59 Å². The van der Waals surface area contributed by atoms with Gasteiger partial charge in [0.1, 0.15) is 0 Å². The Morgan fingerprint density at radius 2 is 2.09 bits per heavy atom. The molecule has 1 aliphatic heterocycles. The summed E-state index contributed by atoms with van der Waals surface area (Å²) in [5.41, 5.74) is 3.29. The quantitative estimate of drug-likeness (QED) is 0.894. The molecule has 0 radical (unpaired) electrons. The summed E-state index contributed by atoms with van der Waals surface area (Å²) < 4.78 is 1.83. The second-order valence-corrected chi connectivity index (χ2v) is 5.40. The number of aromatic nitrogens is 2. The van der Waals surface area contributed by atoms with Gasteiger partial charge < -0.3 is 10.6 Å². The van der Waals surface area contributed by atoms with Crippen LogP contribution >= 0.6 is 0 Å². The third kappa shape index (κ3) is 3.33. The number of nitrogens with zero attached hydrogens (tertiary/aromatic N) is 3. The van der Waals surface area contributed by atoms with Gasteiger partial charge in [-0.2, -0.15) is 5.10 Å². The Bertz CT molecular complexity index is 708. The van der Waals surface area contributed by atoms with Gasteiger partial charge in [0, 0.05) is 32.9 Å². The number of rotatable bonds is 4. The SMILES string of the molecule is Cn1nccc1-c1ccc(CCNC(=O)N2CCNC2=O)cc1. The predicted octanol–water partition coefficient (Wildman–Crippen LogP) is 1.36. The van der Waals surface area contributed by atoms with Crippen molar-refractivity contribution in [1.29, 1.82) is 0 Å². The minimum absolute atomic E-state index is 0.331. The van der Waals surface area contributed by atoms with Gasteiger partial charge >= 0.3 is 12.1 Å². The number of hydrogen-bond donors (Lipinski definition) is 2. The third-order valence-electron chi connectivity index (χ3n) is 3.86. The molecule has 120 valence electrons. The summed E-state index contributed by atoms with van der Waals surface area (Å²) in [4.78, 5) is 24.4. The number of carbonyl (C=O) groups excluding carboxylic acids is 2. The van der Waals surface area contributed by atoms with E-state index in [0.717, 1.165) is 16.8 Å². The molecule has 1 aliphatic rings. The van der Waals surface area contributed by atoms with Crippen molar-refractivity contribution in [1.82, 2.24) is 25.3 Å². The van der Waals surface area contributed by atoms with E-state index in [1.165, 1.54) is 4.90 Å². The van der Waals surface area contributed by atoms with E-state index in [1.807, 2.05) is 42.1 Å². The molecule has 7 nitrogen and oxygen atoms in total. The molecule has 0 spiro atoms. The minimum Gasteiger partial charge on any atom is -0.337 e. The summed E-state index contributed by atoms with van der Waals surface area (Å²) in [6, 6.07) is 9.46. The van der Waals surface area contributed by atoms with Crippen molar-refractivity contribution in [3.63, 3.8) is 0 Å². The van der Waals surface area contributed by atoms with E-state index in [0.29, 0.717) is 26.1 Å². The summed E-state index contributed by atoms with van der Waals surface area (Å²) in [7, 11) is 1.91. The number of hydrogen-bond acceptors (Lipinski definition) is 3. The highest BCUT2D eigenvalue weighted by atomic mass is 16.2.